The highest BCUT2D eigenvalue weighted by molar-refractivity contribution is 8.00. The highest BCUT2D eigenvalue weighted by atomic mass is 32.2. The summed E-state index contributed by atoms with van der Waals surface area (Å²) in [5, 5.41) is 0. The molecule has 1 aromatic carbocycles. The second kappa shape index (κ2) is 6.93. The minimum Gasteiger partial charge on any atom is -0.273 e. The molecular formula is C16H22N2OS. The van der Waals surface area contributed by atoms with Crippen molar-refractivity contribution >= 4 is 29.2 Å². The van der Waals surface area contributed by atoms with Gasteiger partial charge in [0.1, 0.15) is 5.84 Å². The molecule has 1 amide bonds. The third kappa shape index (κ3) is 3.23. The van der Waals surface area contributed by atoms with Gasteiger partial charge >= 0.3 is 0 Å². The number of nitrogens with zero attached hydrogens (tertiary/aromatic N) is 2. The van der Waals surface area contributed by atoms with Gasteiger partial charge in [-0.05, 0) is 37.5 Å². The topological polar surface area (TPSA) is 32.7 Å². The molecule has 1 aromatic rings. The van der Waals surface area contributed by atoms with Crippen LogP contribution in [0.1, 0.15) is 30.9 Å². The van der Waals surface area contributed by atoms with Crippen molar-refractivity contribution in [3.8, 4) is 0 Å². The van der Waals surface area contributed by atoms with Crippen LogP contribution in [-0.4, -0.2) is 29.8 Å². The third-order valence-corrected chi connectivity index (χ3v) is 4.50. The van der Waals surface area contributed by atoms with E-state index in [1.54, 1.807) is 11.8 Å². The molecule has 0 aromatic heterocycles. The fourth-order valence-corrected chi connectivity index (χ4v) is 3.05. The van der Waals surface area contributed by atoms with Crippen LogP contribution in [0.15, 0.2) is 23.2 Å². The molecule has 3 nitrogen and oxygen atoms in total. The number of benzene rings is 1. The lowest BCUT2D eigenvalue weighted by Crippen LogP contribution is -2.44. The Morgan fingerprint density at radius 1 is 1.30 bits per heavy atom. The van der Waals surface area contributed by atoms with E-state index >= 15 is 0 Å². The molecule has 0 N–H and O–H groups in total. The normalized spacial score (nSPS) is 17.9. The predicted octanol–water partition coefficient (Wildman–Crippen LogP) is 3.58. The number of anilines is 1. The van der Waals surface area contributed by atoms with Gasteiger partial charge in [0.2, 0.25) is 5.91 Å². The van der Waals surface area contributed by atoms with E-state index in [1.807, 2.05) is 17.0 Å². The Hall–Kier alpha value is -1.29. The molecule has 20 heavy (non-hydrogen) atoms. The van der Waals surface area contributed by atoms with Crippen molar-refractivity contribution in [2.75, 3.05) is 23.0 Å². The van der Waals surface area contributed by atoms with Crippen LogP contribution in [0.4, 0.5) is 5.69 Å². The number of rotatable bonds is 4. The van der Waals surface area contributed by atoms with Crippen molar-refractivity contribution in [1.29, 1.82) is 0 Å². The van der Waals surface area contributed by atoms with Gasteiger partial charge in [0.25, 0.3) is 0 Å². The van der Waals surface area contributed by atoms with Gasteiger partial charge in [0, 0.05) is 6.54 Å². The molecule has 1 saturated heterocycles. The number of aliphatic imine (C=N–C) groups is 1. The molecule has 0 aliphatic carbocycles. The van der Waals surface area contributed by atoms with Crippen molar-refractivity contribution in [3.05, 3.63) is 29.3 Å². The number of hydrogen-bond donors (Lipinski definition) is 0. The molecule has 0 unspecified atom stereocenters. The first-order valence-corrected chi connectivity index (χ1v) is 8.31. The predicted molar refractivity (Wildman–Crippen MR) is 87.9 cm³/mol. The van der Waals surface area contributed by atoms with Crippen molar-refractivity contribution < 1.29 is 4.79 Å². The number of amides is 1. The Balaban J connectivity index is 2.35. The second-order valence-corrected chi connectivity index (χ2v) is 6.08. The lowest BCUT2D eigenvalue weighted by atomic mass is 10.1. The molecule has 108 valence electrons. The number of hydrogen-bond acceptors (Lipinski definition) is 3. The maximum atomic E-state index is 12.3. The van der Waals surface area contributed by atoms with Gasteiger partial charge in [-0.2, -0.15) is 0 Å². The molecule has 1 fully saturated rings. The minimum atomic E-state index is 0.144. The summed E-state index contributed by atoms with van der Waals surface area (Å²) in [7, 11) is 0. The van der Waals surface area contributed by atoms with Gasteiger partial charge < -0.3 is 0 Å². The molecule has 1 aliphatic rings. The van der Waals surface area contributed by atoms with Crippen molar-refractivity contribution in [1.82, 2.24) is 0 Å². The van der Waals surface area contributed by atoms with Gasteiger partial charge in [-0.3, -0.25) is 14.7 Å². The third-order valence-electron chi connectivity index (χ3n) is 3.59. The van der Waals surface area contributed by atoms with Crippen LogP contribution in [0.5, 0.6) is 0 Å². The van der Waals surface area contributed by atoms with Crippen LogP contribution in [0.3, 0.4) is 0 Å². The van der Waals surface area contributed by atoms with Crippen LogP contribution in [0.2, 0.25) is 0 Å². The quantitative estimate of drug-likeness (QED) is 0.794. The summed E-state index contributed by atoms with van der Waals surface area (Å²) in [4.78, 5) is 18.8. The van der Waals surface area contributed by atoms with Gasteiger partial charge in [-0.15, -0.1) is 11.8 Å². The fourth-order valence-electron chi connectivity index (χ4n) is 2.24. The van der Waals surface area contributed by atoms with Crippen molar-refractivity contribution in [3.63, 3.8) is 0 Å². The average molecular weight is 290 g/mol. The number of carbonyl (C=O) groups is 1. The number of carbonyl (C=O) groups excluding carboxylic acids is 1. The highest BCUT2D eigenvalue weighted by Crippen LogP contribution is 2.27. The van der Waals surface area contributed by atoms with Crippen LogP contribution in [-0.2, 0) is 4.79 Å². The highest BCUT2D eigenvalue weighted by Gasteiger charge is 2.27. The summed E-state index contributed by atoms with van der Waals surface area (Å²) >= 11 is 1.66. The van der Waals surface area contributed by atoms with E-state index < -0.39 is 0 Å². The first-order chi connectivity index (χ1) is 9.65. The fraction of sp³-hybridized carbons (Fsp3) is 0.500. The van der Waals surface area contributed by atoms with Crippen LogP contribution in [0.25, 0.3) is 0 Å². The zero-order chi connectivity index (χ0) is 14.5. The largest absolute Gasteiger partial charge is 0.273 e. The zero-order valence-corrected chi connectivity index (χ0v) is 13.3. The maximum Gasteiger partial charge on any atom is 0.242 e. The SMILES string of the molecule is CCCCN=C1CSCC(=O)N1c1cccc(C)c1C. The summed E-state index contributed by atoms with van der Waals surface area (Å²) in [6.45, 7) is 7.11. The molecule has 1 aliphatic heterocycles. The summed E-state index contributed by atoms with van der Waals surface area (Å²) in [5.74, 6) is 2.42. The van der Waals surface area contributed by atoms with Gasteiger partial charge in [-0.25, -0.2) is 0 Å². The number of unbranched alkanes of at least 4 members (excludes halogenated alkanes) is 1. The molecule has 0 bridgehead atoms. The van der Waals surface area contributed by atoms with E-state index in [0.717, 1.165) is 42.2 Å². The van der Waals surface area contributed by atoms with E-state index in [1.165, 1.54) is 5.56 Å². The van der Waals surface area contributed by atoms with E-state index in [4.69, 9.17) is 0 Å². The van der Waals surface area contributed by atoms with Crippen LogP contribution >= 0.6 is 11.8 Å². The molecule has 0 spiro atoms. The van der Waals surface area contributed by atoms with Gasteiger partial charge in [0.05, 0.1) is 17.2 Å². The summed E-state index contributed by atoms with van der Waals surface area (Å²) in [6.07, 6.45) is 2.20. The van der Waals surface area contributed by atoms with E-state index in [9.17, 15) is 4.79 Å². The number of aryl methyl sites for hydroxylation is 1. The Kier molecular flexibility index (Phi) is 5.24. The molecule has 4 heteroatoms. The lowest BCUT2D eigenvalue weighted by molar-refractivity contribution is -0.115. The van der Waals surface area contributed by atoms with Gasteiger partial charge in [-0.1, -0.05) is 25.5 Å². The standard InChI is InChI=1S/C16H22N2OS/c1-4-5-9-17-15-10-20-11-16(19)18(15)14-8-6-7-12(2)13(14)3/h6-8H,4-5,9-11H2,1-3H3. The van der Waals surface area contributed by atoms with Crippen LogP contribution < -0.4 is 4.90 Å². The number of amidine groups is 1. The molecule has 0 atom stereocenters. The monoisotopic (exact) mass is 290 g/mol. The van der Waals surface area contributed by atoms with Crippen molar-refractivity contribution in [2.45, 2.75) is 33.6 Å². The Morgan fingerprint density at radius 3 is 2.85 bits per heavy atom. The molecule has 0 saturated carbocycles. The Morgan fingerprint density at radius 2 is 2.10 bits per heavy atom. The van der Waals surface area contributed by atoms with Gasteiger partial charge in [0.15, 0.2) is 0 Å². The summed E-state index contributed by atoms with van der Waals surface area (Å²) < 4.78 is 0. The zero-order valence-electron chi connectivity index (χ0n) is 12.5. The first-order valence-electron chi connectivity index (χ1n) is 7.15. The molecular weight excluding hydrogens is 268 g/mol. The molecule has 0 radical (unpaired) electrons. The Labute approximate surface area is 125 Å². The van der Waals surface area contributed by atoms with E-state index in [2.05, 4.69) is 31.8 Å². The minimum absolute atomic E-state index is 0.144. The first kappa shape index (κ1) is 15.1. The molecule has 1 heterocycles. The Bertz CT molecular complexity index is 525. The van der Waals surface area contributed by atoms with Crippen molar-refractivity contribution in [2.24, 2.45) is 4.99 Å². The molecule has 2 rings (SSSR count). The van der Waals surface area contributed by atoms with E-state index in [-0.39, 0.29) is 5.91 Å². The summed E-state index contributed by atoms with van der Waals surface area (Å²) in [6, 6.07) is 6.11. The second-order valence-electron chi connectivity index (χ2n) is 5.09. The van der Waals surface area contributed by atoms with Crippen LogP contribution in [0, 0.1) is 13.8 Å². The lowest BCUT2D eigenvalue weighted by Gasteiger charge is -2.30. The maximum absolute atomic E-state index is 12.3. The smallest absolute Gasteiger partial charge is 0.242 e. The summed E-state index contributed by atoms with van der Waals surface area (Å²) in [5.41, 5.74) is 3.36. The average Bonchev–Trinajstić information content (AvgIpc) is 2.43. The number of thioether (sulfide) groups is 1. The van der Waals surface area contributed by atoms with E-state index in [0.29, 0.717) is 5.75 Å².